The molecule has 5 heteroatoms. The van der Waals surface area contributed by atoms with E-state index < -0.39 is 12.0 Å². The first kappa shape index (κ1) is 16.4. The van der Waals surface area contributed by atoms with Gasteiger partial charge in [-0.2, -0.15) is 0 Å². The maximum absolute atomic E-state index is 11.1. The Bertz CT molecular complexity index is 255. The van der Waals surface area contributed by atoms with Crippen molar-refractivity contribution in [2.45, 2.75) is 38.6 Å². The molecule has 0 saturated carbocycles. The molecule has 5 nitrogen and oxygen atoms in total. The molecule has 0 aromatic heterocycles. The fraction of sp³-hybridized carbons (Fsp3) is 0.929. The average Bonchev–Trinajstić information content (AvgIpc) is 2.39. The standard InChI is InChI=1S/C14H28N2O3/c1-3-7-15-13(14(17)18)6-8-16(2)10-12-5-4-9-19-11-12/h12-13,15H,3-11H2,1-2H3,(H,17,18). The van der Waals surface area contributed by atoms with Gasteiger partial charge in [-0.1, -0.05) is 6.92 Å². The van der Waals surface area contributed by atoms with Gasteiger partial charge >= 0.3 is 5.97 Å². The molecule has 1 aliphatic rings. The van der Waals surface area contributed by atoms with E-state index in [2.05, 4.69) is 17.3 Å². The minimum absolute atomic E-state index is 0.426. The summed E-state index contributed by atoms with van der Waals surface area (Å²) in [6, 6.07) is -0.426. The Labute approximate surface area is 116 Å². The quantitative estimate of drug-likeness (QED) is 0.660. The summed E-state index contributed by atoms with van der Waals surface area (Å²) in [7, 11) is 2.06. The minimum Gasteiger partial charge on any atom is -0.480 e. The molecule has 0 bridgehead atoms. The molecule has 1 rings (SSSR count). The molecule has 2 atom stereocenters. The first-order valence-corrected chi connectivity index (χ1v) is 7.36. The lowest BCUT2D eigenvalue weighted by Crippen LogP contribution is -2.40. The Hall–Kier alpha value is -0.650. The normalized spacial score (nSPS) is 21.5. The number of hydrogen-bond donors (Lipinski definition) is 2. The summed E-state index contributed by atoms with van der Waals surface area (Å²) in [5.74, 6) is -0.145. The van der Waals surface area contributed by atoms with Crippen LogP contribution in [0.1, 0.15) is 32.6 Å². The van der Waals surface area contributed by atoms with Crippen molar-refractivity contribution in [1.82, 2.24) is 10.2 Å². The van der Waals surface area contributed by atoms with Crippen LogP contribution < -0.4 is 5.32 Å². The molecule has 0 aromatic rings. The maximum atomic E-state index is 11.1. The fourth-order valence-corrected chi connectivity index (χ4v) is 2.46. The molecule has 1 saturated heterocycles. The number of carbonyl (C=O) groups is 1. The molecular formula is C14H28N2O3. The topological polar surface area (TPSA) is 61.8 Å². The monoisotopic (exact) mass is 272 g/mol. The van der Waals surface area contributed by atoms with Crippen LogP contribution in [0.15, 0.2) is 0 Å². The molecule has 1 fully saturated rings. The van der Waals surface area contributed by atoms with Gasteiger partial charge in [0.05, 0.1) is 6.61 Å². The van der Waals surface area contributed by atoms with Crippen LogP contribution >= 0.6 is 0 Å². The Balaban J connectivity index is 2.22. The zero-order valence-electron chi connectivity index (χ0n) is 12.2. The van der Waals surface area contributed by atoms with Gasteiger partial charge in [0, 0.05) is 13.2 Å². The number of rotatable bonds is 9. The Morgan fingerprint density at radius 2 is 2.37 bits per heavy atom. The van der Waals surface area contributed by atoms with Gasteiger partial charge in [0.15, 0.2) is 0 Å². The van der Waals surface area contributed by atoms with E-state index in [0.29, 0.717) is 12.3 Å². The van der Waals surface area contributed by atoms with E-state index in [-0.39, 0.29) is 0 Å². The molecule has 19 heavy (non-hydrogen) atoms. The zero-order chi connectivity index (χ0) is 14.1. The van der Waals surface area contributed by atoms with Crippen molar-refractivity contribution in [3.05, 3.63) is 0 Å². The van der Waals surface area contributed by atoms with Crippen molar-refractivity contribution in [1.29, 1.82) is 0 Å². The minimum atomic E-state index is -0.747. The highest BCUT2D eigenvalue weighted by molar-refractivity contribution is 5.73. The molecule has 0 spiro atoms. The van der Waals surface area contributed by atoms with Gasteiger partial charge in [-0.3, -0.25) is 4.79 Å². The first-order chi connectivity index (χ1) is 9.13. The number of hydrogen-bond acceptors (Lipinski definition) is 4. The fourth-order valence-electron chi connectivity index (χ4n) is 2.46. The number of carboxylic acids is 1. The molecule has 0 amide bonds. The van der Waals surface area contributed by atoms with Crippen LogP contribution in [0.5, 0.6) is 0 Å². The largest absolute Gasteiger partial charge is 0.480 e. The van der Waals surface area contributed by atoms with Crippen LogP contribution in [-0.4, -0.2) is 61.9 Å². The highest BCUT2D eigenvalue weighted by Crippen LogP contribution is 2.14. The zero-order valence-corrected chi connectivity index (χ0v) is 12.2. The van der Waals surface area contributed by atoms with E-state index in [4.69, 9.17) is 9.84 Å². The van der Waals surface area contributed by atoms with Crippen LogP contribution in [0.3, 0.4) is 0 Å². The van der Waals surface area contributed by atoms with Crippen LogP contribution in [0.25, 0.3) is 0 Å². The molecule has 2 unspecified atom stereocenters. The summed E-state index contributed by atoms with van der Waals surface area (Å²) in [6.07, 6.45) is 3.98. The third-order valence-corrected chi connectivity index (χ3v) is 3.56. The highest BCUT2D eigenvalue weighted by Gasteiger charge is 2.19. The summed E-state index contributed by atoms with van der Waals surface area (Å²) < 4.78 is 5.47. The van der Waals surface area contributed by atoms with E-state index >= 15 is 0 Å². The van der Waals surface area contributed by atoms with Crippen molar-refractivity contribution in [2.75, 3.05) is 39.9 Å². The summed E-state index contributed by atoms with van der Waals surface area (Å²) >= 11 is 0. The number of nitrogens with zero attached hydrogens (tertiary/aromatic N) is 1. The van der Waals surface area contributed by atoms with Crippen molar-refractivity contribution in [3.63, 3.8) is 0 Å². The van der Waals surface area contributed by atoms with Crippen molar-refractivity contribution >= 4 is 5.97 Å². The summed E-state index contributed by atoms with van der Waals surface area (Å²) in [5, 5.41) is 12.2. The van der Waals surface area contributed by atoms with E-state index in [1.807, 2.05) is 6.92 Å². The molecule has 1 heterocycles. The molecule has 112 valence electrons. The van der Waals surface area contributed by atoms with Gasteiger partial charge in [-0.25, -0.2) is 0 Å². The average molecular weight is 272 g/mol. The van der Waals surface area contributed by atoms with Crippen molar-refractivity contribution < 1.29 is 14.6 Å². The first-order valence-electron chi connectivity index (χ1n) is 7.36. The van der Waals surface area contributed by atoms with Gasteiger partial charge in [-0.15, -0.1) is 0 Å². The van der Waals surface area contributed by atoms with Crippen LogP contribution in [-0.2, 0) is 9.53 Å². The molecule has 0 radical (unpaired) electrons. The lowest BCUT2D eigenvalue weighted by atomic mass is 10.0. The van der Waals surface area contributed by atoms with Gasteiger partial charge in [0.1, 0.15) is 6.04 Å². The molecule has 0 aromatic carbocycles. The van der Waals surface area contributed by atoms with Crippen LogP contribution in [0.2, 0.25) is 0 Å². The smallest absolute Gasteiger partial charge is 0.320 e. The van der Waals surface area contributed by atoms with E-state index in [1.54, 1.807) is 0 Å². The SMILES string of the molecule is CCCNC(CCN(C)CC1CCCOC1)C(=O)O. The van der Waals surface area contributed by atoms with E-state index in [1.165, 1.54) is 6.42 Å². The Morgan fingerprint density at radius 3 is 2.95 bits per heavy atom. The lowest BCUT2D eigenvalue weighted by Gasteiger charge is -2.27. The van der Waals surface area contributed by atoms with Crippen LogP contribution in [0, 0.1) is 5.92 Å². The van der Waals surface area contributed by atoms with Crippen LogP contribution in [0.4, 0.5) is 0 Å². The third-order valence-electron chi connectivity index (χ3n) is 3.56. The lowest BCUT2D eigenvalue weighted by molar-refractivity contribution is -0.139. The van der Waals surface area contributed by atoms with Gasteiger partial charge in [0.25, 0.3) is 0 Å². The summed E-state index contributed by atoms with van der Waals surface area (Å²) in [4.78, 5) is 13.3. The molecule has 1 aliphatic heterocycles. The van der Waals surface area contributed by atoms with Gasteiger partial charge in [0.2, 0.25) is 0 Å². The van der Waals surface area contributed by atoms with Gasteiger partial charge < -0.3 is 20.1 Å². The molecule has 2 N–H and O–H groups in total. The Kier molecular flexibility index (Phi) is 8.02. The Morgan fingerprint density at radius 1 is 1.58 bits per heavy atom. The molecular weight excluding hydrogens is 244 g/mol. The predicted octanol–water partition coefficient (Wildman–Crippen LogP) is 1.19. The molecule has 0 aliphatic carbocycles. The number of ether oxygens (including phenoxy) is 1. The number of nitrogens with one attached hydrogen (secondary N) is 1. The highest BCUT2D eigenvalue weighted by atomic mass is 16.5. The summed E-state index contributed by atoms with van der Waals surface area (Å²) in [6.45, 7) is 6.35. The summed E-state index contributed by atoms with van der Waals surface area (Å²) in [5.41, 5.74) is 0. The van der Waals surface area contributed by atoms with Crippen molar-refractivity contribution in [2.24, 2.45) is 5.92 Å². The number of carboxylic acid groups (broad SMARTS) is 1. The second kappa shape index (κ2) is 9.28. The second-order valence-electron chi connectivity index (χ2n) is 5.48. The third kappa shape index (κ3) is 6.89. The maximum Gasteiger partial charge on any atom is 0.320 e. The van der Waals surface area contributed by atoms with E-state index in [0.717, 1.165) is 45.7 Å². The van der Waals surface area contributed by atoms with Crippen molar-refractivity contribution in [3.8, 4) is 0 Å². The predicted molar refractivity (Wildman–Crippen MR) is 75.4 cm³/mol. The van der Waals surface area contributed by atoms with Gasteiger partial charge in [-0.05, 0) is 51.7 Å². The van der Waals surface area contributed by atoms with E-state index in [9.17, 15) is 4.79 Å². The second-order valence-corrected chi connectivity index (χ2v) is 5.48. The number of aliphatic carboxylic acids is 1.